The van der Waals surface area contributed by atoms with E-state index in [4.69, 9.17) is 5.73 Å². The van der Waals surface area contributed by atoms with Crippen molar-refractivity contribution < 1.29 is 0 Å². The van der Waals surface area contributed by atoms with Crippen molar-refractivity contribution in [3.63, 3.8) is 0 Å². The SMILES string of the molecule is Nc1ccnn1Cc1ncc(Br)cc1Br. The van der Waals surface area contributed by atoms with Crippen molar-refractivity contribution in [2.75, 3.05) is 5.73 Å². The third-order valence-corrected chi connectivity index (χ3v) is 3.05. The first-order valence-corrected chi connectivity index (χ1v) is 5.82. The Morgan fingerprint density at radius 2 is 2.20 bits per heavy atom. The van der Waals surface area contributed by atoms with Gasteiger partial charge in [-0.1, -0.05) is 0 Å². The Bertz CT molecular complexity index is 481. The Kier molecular flexibility index (Phi) is 3.06. The molecule has 2 rings (SSSR count). The molecule has 78 valence electrons. The fourth-order valence-corrected chi connectivity index (χ4v) is 2.29. The second-order valence-corrected chi connectivity index (χ2v) is 4.77. The summed E-state index contributed by atoms with van der Waals surface area (Å²) >= 11 is 6.79. The number of rotatable bonds is 2. The van der Waals surface area contributed by atoms with Crippen LogP contribution in [-0.2, 0) is 6.54 Å². The summed E-state index contributed by atoms with van der Waals surface area (Å²) in [5, 5.41) is 4.09. The van der Waals surface area contributed by atoms with Crippen molar-refractivity contribution in [3.05, 3.63) is 39.2 Å². The molecule has 0 amide bonds. The monoisotopic (exact) mass is 330 g/mol. The Balaban J connectivity index is 2.29. The normalized spacial score (nSPS) is 10.5. The average Bonchev–Trinajstić information content (AvgIpc) is 2.57. The highest BCUT2D eigenvalue weighted by molar-refractivity contribution is 9.11. The predicted octanol–water partition coefficient (Wildman–Crippen LogP) is 2.43. The van der Waals surface area contributed by atoms with Crippen LogP contribution in [0.5, 0.6) is 0 Å². The highest BCUT2D eigenvalue weighted by atomic mass is 79.9. The fraction of sp³-hybridized carbons (Fsp3) is 0.111. The predicted molar refractivity (Wildman–Crippen MR) is 65.4 cm³/mol. The Morgan fingerprint density at radius 1 is 1.40 bits per heavy atom. The highest BCUT2D eigenvalue weighted by Gasteiger charge is 2.05. The number of nitrogens with zero attached hydrogens (tertiary/aromatic N) is 3. The molecule has 0 radical (unpaired) electrons. The highest BCUT2D eigenvalue weighted by Crippen LogP contribution is 2.20. The summed E-state index contributed by atoms with van der Waals surface area (Å²) in [5.41, 5.74) is 6.61. The van der Waals surface area contributed by atoms with Crippen LogP contribution in [-0.4, -0.2) is 14.8 Å². The van der Waals surface area contributed by atoms with E-state index in [0.717, 1.165) is 14.6 Å². The van der Waals surface area contributed by atoms with Gasteiger partial charge in [0.1, 0.15) is 5.82 Å². The quantitative estimate of drug-likeness (QED) is 0.919. The van der Waals surface area contributed by atoms with Gasteiger partial charge in [0.15, 0.2) is 0 Å². The van der Waals surface area contributed by atoms with Crippen LogP contribution < -0.4 is 5.73 Å². The van der Waals surface area contributed by atoms with E-state index < -0.39 is 0 Å². The molecular formula is C9H8Br2N4. The fourth-order valence-electron chi connectivity index (χ4n) is 1.18. The van der Waals surface area contributed by atoms with E-state index in [1.807, 2.05) is 6.07 Å². The van der Waals surface area contributed by atoms with Crippen LogP contribution >= 0.6 is 31.9 Å². The number of hydrogen-bond donors (Lipinski definition) is 1. The zero-order valence-electron chi connectivity index (χ0n) is 7.69. The molecule has 15 heavy (non-hydrogen) atoms. The van der Waals surface area contributed by atoms with Crippen molar-refractivity contribution in [2.45, 2.75) is 6.54 Å². The summed E-state index contributed by atoms with van der Waals surface area (Å²) in [5.74, 6) is 0.631. The van der Waals surface area contributed by atoms with Gasteiger partial charge < -0.3 is 5.73 Å². The van der Waals surface area contributed by atoms with E-state index in [0.29, 0.717) is 12.4 Å². The van der Waals surface area contributed by atoms with Crippen molar-refractivity contribution in [1.29, 1.82) is 0 Å². The zero-order valence-corrected chi connectivity index (χ0v) is 10.9. The van der Waals surface area contributed by atoms with Crippen LogP contribution in [0.4, 0.5) is 5.82 Å². The topological polar surface area (TPSA) is 56.7 Å². The molecule has 0 saturated carbocycles. The Labute approximate surface area is 104 Å². The third kappa shape index (κ3) is 2.38. The van der Waals surface area contributed by atoms with Gasteiger partial charge in [-0.15, -0.1) is 0 Å². The molecule has 0 aromatic carbocycles. The van der Waals surface area contributed by atoms with Crippen LogP contribution in [0.15, 0.2) is 33.5 Å². The van der Waals surface area contributed by atoms with Gasteiger partial charge in [-0.25, -0.2) is 4.68 Å². The van der Waals surface area contributed by atoms with E-state index >= 15 is 0 Å². The standard InChI is InChI=1S/C9H8Br2N4/c10-6-3-7(11)8(13-4-6)5-15-9(12)1-2-14-15/h1-4H,5,12H2. The molecule has 6 heteroatoms. The molecular weight excluding hydrogens is 324 g/mol. The molecule has 0 saturated heterocycles. The van der Waals surface area contributed by atoms with Crippen molar-refractivity contribution >= 4 is 37.7 Å². The zero-order chi connectivity index (χ0) is 10.8. The van der Waals surface area contributed by atoms with E-state index in [2.05, 4.69) is 41.9 Å². The lowest BCUT2D eigenvalue weighted by Gasteiger charge is -2.05. The molecule has 2 aromatic rings. The molecule has 0 unspecified atom stereocenters. The summed E-state index contributed by atoms with van der Waals surface area (Å²) in [6.07, 6.45) is 3.42. The van der Waals surface area contributed by atoms with Gasteiger partial charge in [0, 0.05) is 15.1 Å². The van der Waals surface area contributed by atoms with E-state index in [1.165, 1.54) is 0 Å². The summed E-state index contributed by atoms with van der Waals surface area (Å²) in [7, 11) is 0. The summed E-state index contributed by atoms with van der Waals surface area (Å²) in [6, 6.07) is 3.70. The van der Waals surface area contributed by atoms with Crippen molar-refractivity contribution in [2.24, 2.45) is 0 Å². The van der Waals surface area contributed by atoms with E-state index in [-0.39, 0.29) is 0 Å². The van der Waals surface area contributed by atoms with Gasteiger partial charge in [-0.3, -0.25) is 4.98 Å². The summed E-state index contributed by atoms with van der Waals surface area (Å²) < 4.78 is 3.57. The molecule has 0 aliphatic carbocycles. The number of pyridine rings is 1. The molecule has 2 aromatic heterocycles. The number of nitrogen functional groups attached to an aromatic ring is 1. The minimum absolute atomic E-state index is 0.562. The second kappa shape index (κ2) is 4.32. The minimum atomic E-state index is 0.562. The van der Waals surface area contributed by atoms with Gasteiger partial charge in [0.05, 0.1) is 18.4 Å². The van der Waals surface area contributed by atoms with Gasteiger partial charge in [-0.2, -0.15) is 5.10 Å². The first-order valence-electron chi connectivity index (χ1n) is 4.24. The van der Waals surface area contributed by atoms with E-state index in [1.54, 1.807) is 23.1 Å². The molecule has 4 nitrogen and oxygen atoms in total. The first-order chi connectivity index (χ1) is 7.16. The van der Waals surface area contributed by atoms with Crippen LogP contribution in [0.1, 0.15) is 5.69 Å². The molecule has 0 fully saturated rings. The van der Waals surface area contributed by atoms with Gasteiger partial charge in [-0.05, 0) is 44.0 Å². The maximum atomic E-state index is 5.72. The lowest BCUT2D eigenvalue weighted by molar-refractivity contribution is 0.680. The number of nitrogens with two attached hydrogens (primary N) is 1. The molecule has 0 aliphatic rings. The smallest absolute Gasteiger partial charge is 0.122 e. The third-order valence-electron chi connectivity index (χ3n) is 1.93. The first kappa shape index (κ1) is 10.6. The molecule has 2 N–H and O–H groups in total. The maximum Gasteiger partial charge on any atom is 0.122 e. The summed E-state index contributed by atoms with van der Waals surface area (Å²) in [4.78, 5) is 4.28. The Hall–Kier alpha value is -0.880. The maximum absolute atomic E-state index is 5.72. The van der Waals surface area contributed by atoms with Gasteiger partial charge in [0.25, 0.3) is 0 Å². The molecule has 2 heterocycles. The van der Waals surface area contributed by atoms with E-state index in [9.17, 15) is 0 Å². The number of hydrogen-bond acceptors (Lipinski definition) is 3. The van der Waals surface area contributed by atoms with Crippen LogP contribution in [0.3, 0.4) is 0 Å². The van der Waals surface area contributed by atoms with Gasteiger partial charge >= 0.3 is 0 Å². The lowest BCUT2D eigenvalue weighted by Crippen LogP contribution is -2.07. The van der Waals surface area contributed by atoms with Crippen molar-refractivity contribution in [3.8, 4) is 0 Å². The summed E-state index contributed by atoms with van der Waals surface area (Å²) in [6.45, 7) is 0.562. The van der Waals surface area contributed by atoms with Gasteiger partial charge in [0.2, 0.25) is 0 Å². The number of anilines is 1. The largest absolute Gasteiger partial charge is 0.384 e. The molecule has 0 atom stereocenters. The van der Waals surface area contributed by atoms with Crippen LogP contribution in [0.25, 0.3) is 0 Å². The minimum Gasteiger partial charge on any atom is -0.384 e. The number of halogens is 2. The Morgan fingerprint density at radius 3 is 2.80 bits per heavy atom. The number of aromatic nitrogens is 3. The molecule has 0 spiro atoms. The van der Waals surface area contributed by atoms with Crippen LogP contribution in [0, 0.1) is 0 Å². The molecule has 0 aliphatic heterocycles. The molecule has 0 bridgehead atoms. The average molecular weight is 332 g/mol. The lowest BCUT2D eigenvalue weighted by atomic mass is 10.3. The second-order valence-electron chi connectivity index (χ2n) is 3.00. The van der Waals surface area contributed by atoms with Crippen LogP contribution in [0.2, 0.25) is 0 Å². The van der Waals surface area contributed by atoms with Crippen molar-refractivity contribution in [1.82, 2.24) is 14.8 Å².